The Bertz CT molecular complexity index is 1420. The Morgan fingerprint density at radius 1 is 0.844 bits per heavy atom. The summed E-state index contributed by atoms with van der Waals surface area (Å²) in [5.74, 6) is -3.93. The first kappa shape index (κ1) is 35.8. The van der Waals surface area contributed by atoms with Crippen LogP contribution >= 0.6 is 0 Å². The Morgan fingerprint density at radius 2 is 1.42 bits per heavy atom. The second-order valence-electron chi connectivity index (χ2n) is 8.85. The molecule has 242 valence electrons. The van der Waals surface area contributed by atoms with E-state index in [2.05, 4.69) is 20.9 Å². The van der Waals surface area contributed by atoms with Gasteiger partial charge in [0.05, 0.1) is 24.6 Å². The normalized spacial score (nSPS) is 11.7. The van der Waals surface area contributed by atoms with Gasteiger partial charge in [-0.25, -0.2) is 14.6 Å². The lowest BCUT2D eigenvalue weighted by Gasteiger charge is -2.18. The summed E-state index contributed by atoms with van der Waals surface area (Å²) in [7, 11) is 0. The van der Waals surface area contributed by atoms with Crippen LogP contribution in [0.25, 0.3) is 11.1 Å². The Morgan fingerprint density at radius 3 is 1.91 bits per heavy atom. The molecule has 3 rings (SSSR count). The molecule has 0 aliphatic rings. The molecule has 11 nitrogen and oxygen atoms in total. The number of nitrogens with zero attached hydrogens (tertiary/aromatic N) is 1. The summed E-state index contributed by atoms with van der Waals surface area (Å²) in [6, 6.07) is 15.4. The van der Waals surface area contributed by atoms with Gasteiger partial charge in [-0.15, -0.1) is 0 Å². The van der Waals surface area contributed by atoms with E-state index in [0.29, 0.717) is 29.1 Å². The molecule has 3 aromatic rings. The van der Waals surface area contributed by atoms with Gasteiger partial charge in [-0.05, 0) is 41.0 Å². The van der Waals surface area contributed by atoms with Crippen molar-refractivity contribution in [1.29, 1.82) is 0 Å². The Balaban J connectivity index is 0.000000900. The number of anilines is 1. The lowest BCUT2D eigenvalue weighted by atomic mass is 9.98. The number of aromatic nitrogens is 1. The van der Waals surface area contributed by atoms with Gasteiger partial charge in [0.15, 0.2) is 0 Å². The van der Waals surface area contributed by atoms with E-state index >= 15 is 0 Å². The number of hydrogen-bond donors (Lipinski definition) is 5. The number of nitrogens with one attached hydrogen (secondary N) is 3. The Labute approximate surface area is 251 Å². The quantitative estimate of drug-likeness (QED) is 0.145. The third-order valence-electron chi connectivity index (χ3n) is 5.51. The predicted octanol–water partition coefficient (Wildman–Crippen LogP) is 4.87. The van der Waals surface area contributed by atoms with Crippen LogP contribution in [-0.4, -0.2) is 65.0 Å². The third-order valence-corrected chi connectivity index (χ3v) is 5.51. The van der Waals surface area contributed by atoms with E-state index in [0.717, 1.165) is 12.1 Å². The summed E-state index contributed by atoms with van der Waals surface area (Å²) in [5.41, 5.74) is 0.867. The van der Waals surface area contributed by atoms with Crippen LogP contribution in [0, 0.1) is 0 Å². The van der Waals surface area contributed by atoms with E-state index in [1.807, 2.05) is 0 Å². The van der Waals surface area contributed by atoms with Crippen LogP contribution in [0.2, 0.25) is 0 Å². The van der Waals surface area contributed by atoms with Gasteiger partial charge in [0, 0.05) is 6.20 Å². The van der Waals surface area contributed by atoms with Crippen molar-refractivity contribution in [3.8, 4) is 11.1 Å². The van der Waals surface area contributed by atoms with Crippen molar-refractivity contribution in [1.82, 2.24) is 15.6 Å². The minimum absolute atomic E-state index is 0.0247. The van der Waals surface area contributed by atoms with Crippen LogP contribution in [-0.2, 0) is 25.3 Å². The van der Waals surface area contributed by atoms with Crippen LogP contribution < -0.4 is 16.0 Å². The molecule has 0 saturated carbocycles. The maximum Gasteiger partial charge on any atom is 0.490 e. The number of carbonyl (C=O) groups excluding carboxylic acids is 2. The molecule has 0 bridgehead atoms. The standard InChI is InChI=1S/C26H25F3N4O5.C2HF3O2/c27-26(28,29)20-10-8-18(9-11-20)17-4-6-19(7-5-17)21(15-24(35)36)33-23(34)16-32-25(37)38-14-13-31-22-3-1-2-12-30-22;3-2(4,5)1(6)7/h1-12,21H,13-16H2,(H,30,31)(H,32,37)(H,33,34)(H,35,36);(H,6,7). The number of ether oxygens (including phenoxy) is 1. The summed E-state index contributed by atoms with van der Waals surface area (Å²) < 4.78 is 75.1. The average molecular weight is 645 g/mol. The maximum absolute atomic E-state index is 12.8. The molecule has 0 fully saturated rings. The molecule has 1 atom stereocenters. The molecule has 0 aliphatic carbocycles. The van der Waals surface area contributed by atoms with E-state index in [-0.39, 0.29) is 6.61 Å². The summed E-state index contributed by atoms with van der Waals surface area (Å²) in [5, 5.41) is 24.2. The van der Waals surface area contributed by atoms with Gasteiger partial charge in [-0.3, -0.25) is 9.59 Å². The van der Waals surface area contributed by atoms with E-state index < -0.39 is 60.9 Å². The van der Waals surface area contributed by atoms with Crippen molar-refractivity contribution in [3.05, 3.63) is 84.1 Å². The largest absolute Gasteiger partial charge is 0.490 e. The molecule has 1 unspecified atom stereocenters. The van der Waals surface area contributed by atoms with E-state index in [1.165, 1.54) is 12.1 Å². The molecule has 2 aromatic carbocycles. The first-order valence-corrected chi connectivity index (χ1v) is 12.7. The summed E-state index contributed by atoms with van der Waals surface area (Å²) in [4.78, 5) is 48.5. The molecule has 45 heavy (non-hydrogen) atoms. The maximum atomic E-state index is 12.8. The van der Waals surface area contributed by atoms with Crippen molar-refractivity contribution < 1.29 is 60.5 Å². The first-order chi connectivity index (χ1) is 21.1. The highest BCUT2D eigenvalue weighted by atomic mass is 19.4. The van der Waals surface area contributed by atoms with Gasteiger partial charge >= 0.3 is 30.4 Å². The highest BCUT2D eigenvalue weighted by Crippen LogP contribution is 2.31. The molecule has 2 amide bonds. The monoisotopic (exact) mass is 644 g/mol. The number of aliphatic carboxylic acids is 2. The summed E-state index contributed by atoms with van der Waals surface area (Å²) in [6.45, 7) is -0.108. The second kappa shape index (κ2) is 16.5. The van der Waals surface area contributed by atoms with E-state index in [9.17, 15) is 45.8 Å². The van der Waals surface area contributed by atoms with Crippen LogP contribution in [0.3, 0.4) is 0 Å². The molecular formula is C28H26F6N4O7. The topological polar surface area (TPSA) is 167 Å². The SMILES string of the molecule is O=C(O)C(F)(F)F.O=C(O)CC(NC(=O)CNC(=O)OCCNc1ccccn1)c1ccc(-c2ccc(C(F)(F)F)cc2)cc1. The fourth-order valence-corrected chi connectivity index (χ4v) is 3.43. The number of pyridine rings is 1. The van der Waals surface area contributed by atoms with Crippen LogP contribution in [0.1, 0.15) is 23.6 Å². The van der Waals surface area contributed by atoms with Crippen LogP contribution in [0.4, 0.5) is 37.0 Å². The number of hydrogen-bond acceptors (Lipinski definition) is 7. The van der Waals surface area contributed by atoms with Gasteiger partial charge in [0.1, 0.15) is 19.0 Å². The number of amides is 2. The van der Waals surface area contributed by atoms with Crippen molar-refractivity contribution >= 4 is 29.8 Å². The predicted molar refractivity (Wildman–Crippen MR) is 146 cm³/mol. The lowest BCUT2D eigenvalue weighted by Crippen LogP contribution is -2.39. The highest BCUT2D eigenvalue weighted by molar-refractivity contribution is 5.83. The van der Waals surface area contributed by atoms with Crippen molar-refractivity contribution in [2.24, 2.45) is 0 Å². The van der Waals surface area contributed by atoms with Crippen molar-refractivity contribution in [3.63, 3.8) is 0 Å². The van der Waals surface area contributed by atoms with Crippen LogP contribution in [0.15, 0.2) is 72.9 Å². The third kappa shape index (κ3) is 13.2. The number of rotatable bonds is 11. The minimum atomic E-state index is -5.08. The zero-order valence-electron chi connectivity index (χ0n) is 23.0. The first-order valence-electron chi connectivity index (χ1n) is 12.7. The molecule has 1 aromatic heterocycles. The zero-order valence-corrected chi connectivity index (χ0v) is 23.0. The molecule has 5 N–H and O–H groups in total. The summed E-state index contributed by atoms with van der Waals surface area (Å²) in [6.07, 6.45) is -9.15. The molecule has 17 heteroatoms. The highest BCUT2D eigenvalue weighted by Gasteiger charge is 2.38. The van der Waals surface area contributed by atoms with Crippen molar-refractivity contribution in [2.75, 3.05) is 25.0 Å². The smallest absolute Gasteiger partial charge is 0.481 e. The number of alkyl halides is 6. The molecule has 1 heterocycles. The molecule has 0 saturated heterocycles. The number of carboxylic acid groups (broad SMARTS) is 2. The number of benzene rings is 2. The number of alkyl carbamates (subject to hydrolysis) is 1. The summed E-state index contributed by atoms with van der Waals surface area (Å²) >= 11 is 0. The van der Waals surface area contributed by atoms with Gasteiger partial charge < -0.3 is 30.9 Å². The second-order valence-corrected chi connectivity index (χ2v) is 8.85. The Kier molecular flexibility index (Phi) is 13.1. The Hall–Kier alpha value is -5.35. The fraction of sp³-hybridized carbons (Fsp3) is 0.250. The lowest BCUT2D eigenvalue weighted by molar-refractivity contribution is -0.192. The minimum Gasteiger partial charge on any atom is -0.481 e. The van der Waals surface area contributed by atoms with E-state index in [1.54, 1.807) is 48.7 Å². The van der Waals surface area contributed by atoms with Gasteiger partial charge in [0.25, 0.3) is 0 Å². The zero-order chi connectivity index (χ0) is 33.6. The van der Waals surface area contributed by atoms with Gasteiger partial charge in [0.2, 0.25) is 5.91 Å². The average Bonchev–Trinajstić information content (AvgIpc) is 2.98. The van der Waals surface area contributed by atoms with Gasteiger partial charge in [-0.2, -0.15) is 26.3 Å². The van der Waals surface area contributed by atoms with Gasteiger partial charge in [-0.1, -0.05) is 42.5 Å². The molecule has 0 aliphatic heterocycles. The number of carboxylic acids is 2. The molecule has 0 radical (unpaired) electrons. The number of carbonyl (C=O) groups is 4. The molecule has 0 spiro atoms. The fourth-order valence-electron chi connectivity index (χ4n) is 3.43. The van der Waals surface area contributed by atoms with E-state index in [4.69, 9.17) is 14.6 Å². The molecular weight excluding hydrogens is 618 g/mol. The number of halogens is 6. The van der Waals surface area contributed by atoms with Crippen molar-refractivity contribution in [2.45, 2.75) is 24.8 Å². The van der Waals surface area contributed by atoms with Crippen LogP contribution in [0.5, 0.6) is 0 Å².